The highest BCUT2D eigenvalue weighted by molar-refractivity contribution is 5.96. The molecule has 1 aromatic rings. The number of carbonyl (C=O) groups is 1. The van der Waals surface area contributed by atoms with Crippen molar-refractivity contribution < 1.29 is 14.3 Å². The number of ether oxygens (including phenoxy) is 2. The second-order valence-electron chi connectivity index (χ2n) is 3.47. The molecule has 0 spiro atoms. The van der Waals surface area contributed by atoms with Gasteiger partial charge in [-0.25, -0.2) is 4.79 Å². The summed E-state index contributed by atoms with van der Waals surface area (Å²) in [6.07, 6.45) is 0.902. The molecule has 0 aromatic heterocycles. The molecule has 0 saturated heterocycles. The fraction of sp³-hybridized carbons (Fsp3) is 0.250. The third kappa shape index (κ3) is 1.92. The van der Waals surface area contributed by atoms with Crippen LogP contribution < -0.4 is 0 Å². The molecule has 0 radical (unpaired) electrons. The maximum absolute atomic E-state index is 11.1. The molecule has 0 saturated carbocycles. The lowest BCUT2D eigenvalue weighted by Gasteiger charge is -2.12. The summed E-state index contributed by atoms with van der Waals surface area (Å²) in [7, 11) is 1.52. The van der Waals surface area contributed by atoms with Crippen molar-refractivity contribution in [3.8, 4) is 0 Å². The first-order chi connectivity index (χ1) is 7.20. The molecule has 1 aliphatic rings. The van der Waals surface area contributed by atoms with Crippen LogP contribution in [-0.4, -0.2) is 19.4 Å². The second kappa shape index (κ2) is 3.87. The Labute approximate surface area is 88.3 Å². The van der Waals surface area contributed by atoms with Crippen LogP contribution in [0.2, 0.25) is 0 Å². The van der Waals surface area contributed by atoms with Crippen molar-refractivity contribution in [3.05, 3.63) is 41.5 Å². The van der Waals surface area contributed by atoms with Crippen molar-refractivity contribution in [2.45, 2.75) is 13.2 Å². The highest BCUT2D eigenvalue weighted by Crippen LogP contribution is 2.26. The van der Waals surface area contributed by atoms with Gasteiger partial charge in [0.15, 0.2) is 0 Å². The predicted molar refractivity (Wildman–Crippen MR) is 56.0 cm³/mol. The maximum atomic E-state index is 11.1. The molecule has 1 aliphatic heterocycles. The molecule has 3 heteroatoms. The summed E-state index contributed by atoms with van der Waals surface area (Å²) in [4.78, 5) is 11.1. The molecule has 1 atom stereocenters. The van der Waals surface area contributed by atoms with E-state index in [0.29, 0.717) is 0 Å². The number of hydrogen-bond donors (Lipinski definition) is 0. The van der Waals surface area contributed by atoms with Crippen LogP contribution in [0.3, 0.4) is 0 Å². The van der Waals surface area contributed by atoms with E-state index in [0.717, 1.165) is 11.1 Å². The zero-order chi connectivity index (χ0) is 10.8. The first-order valence-electron chi connectivity index (χ1n) is 4.73. The van der Waals surface area contributed by atoms with Gasteiger partial charge in [0.2, 0.25) is 6.29 Å². The van der Waals surface area contributed by atoms with Gasteiger partial charge in [-0.1, -0.05) is 29.8 Å². The van der Waals surface area contributed by atoms with Crippen LogP contribution in [0.4, 0.5) is 0 Å². The number of aryl methyl sites for hydroxylation is 1. The van der Waals surface area contributed by atoms with E-state index in [-0.39, 0.29) is 5.97 Å². The van der Waals surface area contributed by atoms with Crippen molar-refractivity contribution in [1.29, 1.82) is 0 Å². The smallest absolute Gasteiger partial charge is 0.333 e. The topological polar surface area (TPSA) is 35.5 Å². The Hall–Kier alpha value is -1.61. The van der Waals surface area contributed by atoms with E-state index in [1.54, 1.807) is 0 Å². The van der Waals surface area contributed by atoms with E-state index in [4.69, 9.17) is 9.47 Å². The van der Waals surface area contributed by atoms with Crippen molar-refractivity contribution in [2.24, 2.45) is 0 Å². The fourth-order valence-electron chi connectivity index (χ4n) is 1.54. The van der Waals surface area contributed by atoms with E-state index >= 15 is 0 Å². The van der Waals surface area contributed by atoms with Gasteiger partial charge in [0.1, 0.15) is 0 Å². The number of methoxy groups -OCH3 is 1. The van der Waals surface area contributed by atoms with Crippen molar-refractivity contribution in [2.75, 3.05) is 7.11 Å². The summed E-state index contributed by atoms with van der Waals surface area (Å²) >= 11 is 0. The zero-order valence-corrected chi connectivity index (χ0v) is 8.69. The van der Waals surface area contributed by atoms with Crippen LogP contribution in [0.5, 0.6) is 0 Å². The molecular weight excluding hydrogens is 192 g/mol. The van der Waals surface area contributed by atoms with Crippen molar-refractivity contribution in [3.63, 3.8) is 0 Å². The van der Waals surface area contributed by atoms with Crippen LogP contribution in [-0.2, 0) is 14.3 Å². The Morgan fingerprint density at radius 3 is 2.53 bits per heavy atom. The highest BCUT2D eigenvalue weighted by atomic mass is 16.7. The van der Waals surface area contributed by atoms with E-state index in [1.807, 2.05) is 31.2 Å². The monoisotopic (exact) mass is 204 g/mol. The van der Waals surface area contributed by atoms with E-state index in [1.165, 1.54) is 18.7 Å². The van der Waals surface area contributed by atoms with Gasteiger partial charge in [-0.3, -0.25) is 0 Å². The van der Waals surface area contributed by atoms with Crippen molar-refractivity contribution in [1.82, 2.24) is 0 Å². The van der Waals surface area contributed by atoms with E-state index in [2.05, 4.69) is 0 Å². The van der Waals surface area contributed by atoms with Crippen LogP contribution in [0, 0.1) is 6.92 Å². The minimum absolute atomic E-state index is 0.350. The molecule has 0 amide bonds. The molecule has 1 unspecified atom stereocenters. The number of esters is 1. The summed E-state index contributed by atoms with van der Waals surface area (Å²) in [6, 6.07) is 7.89. The van der Waals surface area contributed by atoms with E-state index < -0.39 is 6.29 Å². The normalized spacial score (nSPS) is 20.0. The Morgan fingerprint density at radius 2 is 1.93 bits per heavy atom. The van der Waals surface area contributed by atoms with Gasteiger partial charge in [-0.2, -0.15) is 0 Å². The van der Waals surface area contributed by atoms with Crippen LogP contribution in [0.25, 0.3) is 5.57 Å². The lowest BCUT2D eigenvalue weighted by Crippen LogP contribution is -2.13. The largest absolute Gasteiger partial charge is 0.428 e. The van der Waals surface area contributed by atoms with Gasteiger partial charge in [-0.05, 0) is 12.5 Å². The van der Waals surface area contributed by atoms with Gasteiger partial charge in [0.05, 0.1) is 0 Å². The number of hydrogen-bond acceptors (Lipinski definition) is 3. The van der Waals surface area contributed by atoms with Crippen LogP contribution in [0.1, 0.15) is 11.1 Å². The Balaban J connectivity index is 2.33. The molecule has 1 heterocycles. The molecule has 2 rings (SSSR count). The third-order valence-corrected chi connectivity index (χ3v) is 2.35. The van der Waals surface area contributed by atoms with Crippen LogP contribution in [0.15, 0.2) is 30.3 Å². The Bertz CT molecular complexity index is 403. The minimum Gasteiger partial charge on any atom is -0.428 e. The van der Waals surface area contributed by atoms with Gasteiger partial charge in [0, 0.05) is 18.8 Å². The molecule has 0 bridgehead atoms. The zero-order valence-electron chi connectivity index (χ0n) is 8.69. The summed E-state index contributed by atoms with van der Waals surface area (Å²) in [5.74, 6) is -0.350. The fourth-order valence-corrected chi connectivity index (χ4v) is 1.54. The predicted octanol–water partition coefficient (Wildman–Crippen LogP) is 1.91. The molecule has 0 aliphatic carbocycles. The minimum atomic E-state index is -0.569. The molecule has 3 nitrogen and oxygen atoms in total. The third-order valence-electron chi connectivity index (χ3n) is 2.35. The second-order valence-corrected chi connectivity index (χ2v) is 3.47. The molecule has 0 N–H and O–H groups in total. The van der Waals surface area contributed by atoms with Crippen molar-refractivity contribution >= 4 is 11.5 Å². The summed E-state index contributed by atoms with van der Waals surface area (Å²) in [6.45, 7) is 2.02. The number of cyclic esters (lactones) is 1. The van der Waals surface area contributed by atoms with Gasteiger partial charge < -0.3 is 9.47 Å². The van der Waals surface area contributed by atoms with Gasteiger partial charge in [-0.15, -0.1) is 0 Å². The first-order valence-corrected chi connectivity index (χ1v) is 4.73. The quantitative estimate of drug-likeness (QED) is 0.690. The summed E-state index contributed by atoms with van der Waals surface area (Å²) < 4.78 is 10.0. The van der Waals surface area contributed by atoms with E-state index in [9.17, 15) is 4.79 Å². The SMILES string of the molecule is COC1OC(=O)C=C1c1ccc(C)cc1. The number of benzene rings is 1. The molecule has 15 heavy (non-hydrogen) atoms. The molecular formula is C12H12O3. The lowest BCUT2D eigenvalue weighted by atomic mass is 10.0. The molecule has 0 fully saturated rings. The highest BCUT2D eigenvalue weighted by Gasteiger charge is 2.26. The van der Waals surface area contributed by atoms with Gasteiger partial charge >= 0.3 is 5.97 Å². The Morgan fingerprint density at radius 1 is 1.27 bits per heavy atom. The first kappa shape index (κ1) is 9.93. The van der Waals surface area contributed by atoms with Crippen LogP contribution >= 0.6 is 0 Å². The van der Waals surface area contributed by atoms with Gasteiger partial charge in [0.25, 0.3) is 0 Å². The Kier molecular flexibility index (Phi) is 2.56. The molecule has 1 aromatic carbocycles. The lowest BCUT2D eigenvalue weighted by molar-refractivity contribution is -0.153. The maximum Gasteiger partial charge on any atom is 0.333 e. The number of carbonyl (C=O) groups excluding carboxylic acids is 1. The summed E-state index contributed by atoms with van der Waals surface area (Å²) in [5, 5.41) is 0. The number of rotatable bonds is 2. The average Bonchev–Trinajstić information content (AvgIpc) is 2.61. The molecule has 78 valence electrons. The standard InChI is InChI=1S/C12H12O3/c1-8-3-5-9(6-4-8)10-7-11(13)15-12(10)14-2/h3-7,12H,1-2H3. The summed E-state index contributed by atoms with van der Waals surface area (Å²) in [5.41, 5.74) is 2.92. The average molecular weight is 204 g/mol.